The lowest BCUT2D eigenvalue weighted by Gasteiger charge is -2.03. The van der Waals surface area contributed by atoms with Gasteiger partial charge < -0.3 is 14.5 Å². The van der Waals surface area contributed by atoms with Crippen LogP contribution in [-0.2, 0) is 6.42 Å². The lowest BCUT2D eigenvalue weighted by Crippen LogP contribution is -2.25. The predicted octanol–water partition coefficient (Wildman–Crippen LogP) is 2.22. The lowest BCUT2D eigenvalue weighted by molar-refractivity contribution is -0.384. The van der Waals surface area contributed by atoms with Crippen molar-refractivity contribution in [3.05, 3.63) is 70.2 Å². The second-order valence-corrected chi connectivity index (χ2v) is 5.35. The summed E-state index contributed by atoms with van der Waals surface area (Å²) in [7, 11) is 1.59. The first-order valence-electron chi connectivity index (χ1n) is 7.61. The van der Waals surface area contributed by atoms with E-state index in [1.54, 1.807) is 7.11 Å². The Morgan fingerprint density at radius 2 is 2.20 bits per heavy atom. The van der Waals surface area contributed by atoms with Crippen LogP contribution in [0, 0.1) is 10.1 Å². The summed E-state index contributed by atoms with van der Waals surface area (Å²) in [5.74, 6) is 0.319. The molecule has 25 heavy (non-hydrogen) atoms. The number of pyridine rings is 1. The molecule has 2 heterocycles. The molecular formula is C17H16N4O4. The van der Waals surface area contributed by atoms with Crippen molar-refractivity contribution in [1.29, 1.82) is 0 Å². The van der Waals surface area contributed by atoms with Gasteiger partial charge in [0, 0.05) is 43.1 Å². The van der Waals surface area contributed by atoms with Crippen molar-refractivity contribution in [1.82, 2.24) is 14.7 Å². The average molecular weight is 340 g/mol. The molecule has 0 aliphatic carbocycles. The van der Waals surface area contributed by atoms with Crippen molar-refractivity contribution in [2.75, 3.05) is 13.7 Å². The molecule has 128 valence electrons. The molecule has 3 aromatic rings. The number of ether oxygens (including phenoxy) is 1. The summed E-state index contributed by atoms with van der Waals surface area (Å²) in [5, 5.41) is 13.5. The number of fused-ring (bicyclic) bond motifs is 1. The van der Waals surface area contributed by atoms with Crippen molar-refractivity contribution >= 4 is 17.2 Å². The van der Waals surface area contributed by atoms with Crippen LogP contribution in [0.4, 0.5) is 5.69 Å². The van der Waals surface area contributed by atoms with Gasteiger partial charge in [-0.15, -0.1) is 0 Å². The second kappa shape index (κ2) is 7.00. The highest BCUT2D eigenvalue weighted by molar-refractivity contribution is 5.94. The summed E-state index contributed by atoms with van der Waals surface area (Å²) < 4.78 is 7.12. The number of hydrogen-bond acceptors (Lipinski definition) is 5. The summed E-state index contributed by atoms with van der Waals surface area (Å²) in [6.45, 7) is 0.369. The molecule has 0 aliphatic heterocycles. The van der Waals surface area contributed by atoms with Gasteiger partial charge >= 0.3 is 0 Å². The Hall–Kier alpha value is -3.42. The van der Waals surface area contributed by atoms with Crippen LogP contribution >= 0.6 is 0 Å². The average Bonchev–Trinajstić information content (AvgIpc) is 3.04. The Bertz CT molecular complexity index is 935. The van der Waals surface area contributed by atoms with E-state index >= 15 is 0 Å². The zero-order valence-electron chi connectivity index (χ0n) is 13.5. The van der Waals surface area contributed by atoms with Crippen LogP contribution in [0.1, 0.15) is 16.1 Å². The van der Waals surface area contributed by atoms with Crippen molar-refractivity contribution in [3.63, 3.8) is 0 Å². The van der Waals surface area contributed by atoms with Crippen molar-refractivity contribution in [2.45, 2.75) is 6.42 Å². The van der Waals surface area contributed by atoms with Gasteiger partial charge in [0.1, 0.15) is 0 Å². The summed E-state index contributed by atoms with van der Waals surface area (Å²) in [6.07, 6.45) is 4.28. The topological polar surface area (TPSA) is 98.8 Å². The zero-order valence-corrected chi connectivity index (χ0v) is 13.5. The van der Waals surface area contributed by atoms with Crippen LogP contribution in [0.5, 0.6) is 5.75 Å². The van der Waals surface area contributed by atoms with E-state index in [1.807, 2.05) is 28.9 Å². The van der Waals surface area contributed by atoms with Gasteiger partial charge in [-0.1, -0.05) is 6.07 Å². The molecule has 0 radical (unpaired) electrons. The molecule has 0 spiro atoms. The monoisotopic (exact) mass is 340 g/mol. The first kappa shape index (κ1) is 16.4. The molecule has 0 saturated carbocycles. The number of nitrogens with one attached hydrogen (secondary N) is 1. The lowest BCUT2D eigenvalue weighted by atomic mass is 10.2. The van der Waals surface area contributed by atoms with Crippen LogP contribution in [0.3, 0.4) is 0 Å². The SMILES string of the molecule is COc1cccn2cc(CCNC(=O)c3cccc([N+](=O)[O-])c3)nc12. The molecule has 0 bridgehead atoms. The summed E-state index contributed by atoms with van der Waals surface area (Å²) >= 11 is 0. The van der Waals surface area contributed by atoms with E-state index in [4.69, 9.17) is 4.74 Å². The number of nitro benzene ring substituents is 1. The van der Waals surface area contributed by atoms with Crippen LogP contribution in [0.15, 0.2) is 48.8 Å². The third kappa shape index (κ3) is 3.57. The van der Waals surface area contributed by atoms with Gasteiger partial charge in [-0.05, 0) is 18.2 Å². The van der Waals surface area contributed by atoms with Crippen molar-refractivity contribution in [3.8, 4) is 5.75 Å². The fraction of sp³-hybridized carbons (Fsp3) is 0.176. The Morgan fingerprint density at radius 3 is 2.96 bits per heavy atom. The number of non-ortho nitro benzene ring substituents is 1. The van der Waals surface area contributed by atoms with Gasteiger partial charge in [0.25, 0.3) is 11.6 Å². The molecule has 1 amide bonds. The Balaban J connectivity index is 1.64. The number of carbonyl (C=O) groups excluding carboxylic acids is 1. The number of imidazole rings is 1. The van der Waals surface area contributed by atoms with Gasteiger partial charge in [0.15, 0.2) is 11.4 Å². The van der Waals surface area contributed by atoms with E-state index in [0.717, 1.165) is 5.69 Å². The highest BCUT2D eigenvalue weighted by Gasteiger charge is 2.12. The molecule has 2 aromatic heterocycles. The summed E-state index contributed by atoms with van der Waals surface area (Å²) in [6, 6.07) is 9.32. The van der Waals surface area contributed by atoms with Crippen molar-refractivity contribution < 1.29 is 14.5 Å². The van der Waals surface area contributed by atoms with E-state index in [1.165, 1.54) is 24.3 Å². The molecular weight excluding hydrogens is 324 g/mol. The maximum absolute atomic E-state index is 12.1. The Labute approximate surface area is 143 Å². The molecule has 1 N–H and O–H groups in total. The smallest absolute Gasteiger partial charge is 0.270 e. The highest BCUT2D eigenvalue weighted by Crippen LogP contribution is 2.18. The number of nitrogens with zero attached hydrogens (tertiary/aromatic N) is 3. The molecule has 0 aliphatic rings. The molecule has 0 atom stereocenters. The standard InChI is InChI=1S/C17H16N4O4/c1-25-15-6-3-9-20-11-13(19-16(15)20)7-8-18-17(22)12-4-2-5-14(10-12)21(23)24/h2-6,9-11H,7-8H2,1H3,(H,18,22). The maximum atomic E-state index is 12.1. The second-order valence-electron chi connectivity index (χ2n) is 5.35. The summed E-state index contributed by atoms with van der Waals surface area (Å²) in [4.78, 5) is 26.8. The van der Waals surface area contributed by atoms with Gasteiger partial charge in [-0.25, -0.2) is 4.98 Å². The van der Waals surface area contributed by atoms with Crippen LogP contribution in [0.2, 0.25) is 0 Å². The Kier molecular flexibility index (Phi) is 4.60. The van der Waals surface area contributed by atoms with Gasteiger partial charge in [0.05, 0.1) is 17.7 Å². The predicted molar refractivity (Wildman–Crippen MR) is 90.9 cm³/mol. The summed E-state index contributed by atoms with van der Waals surface area (Å²) in [5.41, 5.74) is 1.67. The number of methoxy groups -OCH3 is 1. The fourth-order valence-corrected chi connectivity index (χ4v) is 2.48. The van der Waals surface area contributed by atoms with Crippen LogP contribution < -0.4 is 10.1 Å². The largest absolute Gasteiger partial charge is 0.493 e. The molecule has 8 heteroatoms. The minimum Gasteiger partial charge on any atom is -0.493 e. The molecule has 0 unspecified atom stereocenters. The highest BCUT2D eigenvalue weighted by atomic mass is 16.6. The molecule has 8 nitrogen and oxygen atoms in total. The van der Waals surface area contributed by atoms with Gasteiger partial charge in [0.2, 0.25) is 0 Å². The van der Waals surface area contributed by atoms with Gasteiger partial charge in [-0.2, -0.15) is 0 Å². The number of rotatable bonds is 6. The van der Waals surface area contributed by atoms with E-state index in [9.17, 15) is 14.9 Å². The molecule has 0 saturated heterocycles. The fourth-order valence-electron chi connectivity index (χ4n) is 2.48. The number of aromatic nitrogens is 2. The molecule has 0 fully saturated rings. The normalized spacial score (nSPS) is 10.6. The van der Waals surface area contributed by atoms with E-state index < -0.39 is 4.92 Å². The third-order valence-electron chi connectivity index (χ3n) is 3.70. The molecule has 1 aromatic carbocycles. The minimum atomic E-state index is -0.527. The minimum absolute atomic E-state index is 0.111. The van der Waals surface area contributed by atoms with Gasteiger partial charge in [-0.3, -0.25) is 14.9 Å². The van der Waals surface area contributed by atoms with E-state index in [0.29, 0.717) is 24.4 Å². The van der Waals surface area contributed by atoms with E-state index in [-0.39, 0.29) is 17.2 Å². The number of hydrogen-bond donors (Lipinski definition) is 1. The van der Waals surface area contributed by atoms with Crippen LogP contribution in [-0.4, -0.2) is 33.9 Å². The third-order valence-corrected chi connectivity index (χ3v) is 3.70. The number of benzene rings is 1. The molecule has 3 rings (SSSR count). The number of amides is 1. The Morgan fingerprint density at radius 1 is 1.36 bits per heavy atom. The maximum Gasteiger partial charge on any atom is 0.270 e. The quantitative estimate of drug-likeness (QED) is 0.548. The van der Waals surface area contributed by atoms with Crippen LogP contribution in [0.25, 0.3) is 5.65 Å². The number of carbonyl (C=O) groups is 1. The van der Waals surface area contributed by atoms with E-state index in [2.05, 4.69) is 10.3 Å². The first-order valence-corrected chi connectivity index (χ1v) is 7.61. The first-order chi connectivity index (χ1) is 12.1. The zero-order chi connectivity index (χ0) is 17.8. The number of nitro groups is 1. The van der Waals surface area contributed by atoms with Crippen molar-refractivity contribution in [2.24, 2.45) is 0 Å².